The molecule has 1 aromatic rings. The van der Waals surface area contributed by atoms with Gasteiger partial charge in [-0.15, -0.1) is 0 Å². The average molecular weight is 247 g/mol. The summed E-state index contributed by atoms with van der Waals surface area (Å²) in [5.74, 6) is 0.274. The molecule has 1 atom stereocenters. The second kappa shape index (κ2) is 6.62. The monoisotopic (exact) mass is 247 g/mol. The van der Waals surface area contributed by atoms with Crippen molar-refractivity contribution in [3.8, 4) is 11.8 Å². The first-order chi connectivity index (χ1) is 8.54. The normalized spacial score (nSPS) is 11.4. The van der Waals surface area contributed by atoms with Crippen LogP contribution in [0.1, 0.15) is 24.1 Å². The summed E-state index contributed by atoms with van der Waals surface area (Å²) in [4.78, 5) is 11.3. The average Bonchev–Trinajstić information content (AvgIpc) is 2.34. The zero-order valence-corrected chi connectivity index (χ0v) is 10.6. The molecule has 3 N–H and O–H groups in total. The van der Waals surface area contributed by atoms with E-state index in [4.69, 9.17) is 15.7 Å². The van der Waals surface area contributed by atoms with E-state index < -0.39 is 0 Å². The summed E-state index contributed by atoms with van der Waals surface area (Å²) in [5, 5.41) is 10.7. The van der Waals surface area contributed by atoms with E-state index in [1.165, 1.54) is 0 Å². The lowest BCUT2D eigenvalue weighted by molar-refractivity contribution is -0.122. The maximum Gasteiger partial charge on any atom is 0.258 e. The summed E-state index contributed by atoms with van der Waals surface area (Å²) in [6, 6.07) is 7.29. The topological polar surface area (TPSA) is 88.1 Å². The van der Waals surface area contributed by atoms with Gasteiger partial charge in [-0.1, -0.05) is 17.7 Å². The maximum atomic E-state index is 11.3. The summed E-state index contributed by atoms with van der Waals surface area (Å²) in [5.41, 5.74) is 7.80. The quantitative estimate of drug-likeness (QED) is 0.761. The highest BCUT2D eigenvalue weighted by Crippen LogP contribution is 2.24. The molecule has 0 radical (unpaired) electrons. The molecule has 0 bridgehead atoms. The summed E-state index contributed by atoms with van der Waals surface area (Å²) < 4.78 is 5.41. The van der Waals surface area contributed by atoms with Gasteiger partial charge >= 0.3 is 0 Å². The Kier molecular flexibility index (Phi) is 5.15. The highest BCUT2D eigenvalue weighted by atomic mass is 16.5. The minimum Gasteiger partial charge on any atom is -0.483 e. The number of hydrogen-bond acceptors (Lipinski definition) is 4. The van der Waals surface area contributed by atoms with Gasteiger partial charge in [-0.05, 0) is 19.9 Å². The molecule has 0 saturated heterocycles. The predicted molar refractivity (Wildman–Crippen MR) is 67.9 cm³/mol. The number of nitrogens with one attached hydrogen (secondary N) is 1. The number of nitriles is 1. The van der Waals surface area contributed by atoms with Crippen molar-refractivity contribution in [3.63, 3.8) is 0 Å². The number of carbonyl (C=O) groups excluding carboxylic acids is 1. The van der Waals surface area contributed by atoms with Crippen LogP contribution in [0.15, 0.2) is 18.2 Å². The van der Waals surface area contributed by atoms with Crippen molar-refractivity contribution < 1.29 is 9.53 Å². The molecule has 0 aliphatic rings. The minimum atomic E-state index is -0.326. The van der Waals surface area contributed by atoms with Crippen molar-refractivity contribution >= 4 is 5.91 Å². The minimum absolute atomic E-state index is 0.0176. The molecule has 0 aromatic heterocycles. The Hall–Kier alpha value is -2.06. The Bertz CT molecular complexity index is 464. The number of hydrogen-bond donors (Lipinski definition) is 2. The van der Waals surface area contributed by atoms with Gasteiger partial charge < -0.3 is 15.8 Å². The van der Waals surface area contributed by atoms with Crippen LogP contribution in [0.2, 0.25) is 0 Å². The lowest BCUT2D eigenvalue weighted by Gasteiger charge is -2.14. The van der Waals surface area contributed by atoms with Gasteiger partial charge in [0.05, 0.1) is 6.07 Å². The molecule has 0 fully saturated rings. The molecule has 5 heteroatoms. The second-order valence-electron chi connectivity index (χ2n) is 4.05. The van der Waals surface area contributed by atoms with Crippen LogP contribution in [0.4, 0.5) is 0 Å². The molecular weight excluding hydrogens is 230 g/mol. The van der Waals surface area contributed by atoms with E-state index in [9.17, 15) is 4.79 Å². The van der Waals surface area contributed by atoms with Gasteiger partial charge in [-0.2, -0.15) is 5.26 Å². The van der Waals surface area contributed by atoms with Crippen molar-refractivity contribution in [2.75, 3.05) is 13.2 Å². The number of rotatable bonds is 5. The van der Waals surface area contributed by atoms with Gasteiger partial charge in [0, 0.05) is 11.6 Å². The Morgan fingerprint density at radius 2 is 2.33 bits per heavy atom. The fourth-order valence-corrected chi connectivity index (χ4v) is 1.49. The zero-order chi connectivity index (χ0) is 13.5. The second-order valence-corrected chi connectivity index (χ2v) is 4.05. The van der Waals surface area contributed by atoms with Crippen LogP contribution in [0.5, 0.6) is 5.75 Å². The molecular formula is C13H17N3O2. The summed E-state index contributed by atoms with van der Waals surface area (Å²) in [7, 11) is 0. The van der Waals surface area contributed by atoms with Gasteiger partial charge in [-0.3, -0.25) is 4.79 Å². The number of ether oxygens (including phenoxy) is 1. The van der Waals surface area contributed by atoms with Crippen molar-refractivity contribution in [3.05, 3.63) is 29.3 Å². The highest BCUT2D eigenvalue weighted by Gasteiger charge is 2.10. The Balaban J connectivity index is 2.67. The number of benzene rings is 1. The number of aryl methyl sites for hydroxylation is 1. The van der Waals surface area contributed by atoms with Crippen LogP contribution in [0.25, 0.3) is 0 Å². The SMILES string of the molecule is Cc1ccc(OCC(=O)NCC#N)c(C(C)N)c1. The summed E-state index contributed by atoms with van der Waals surface area (Å²) in [6.45, 7) is 3.69. The van der Waals surface area contributed by atoms with Gasteiger partial charge in [-0.25, -0.2) is 0 Å². The van der Waals surface area contributed by atoms with Crippen LogP contribution >= 0.6 is 0 Å². The van der Waals surface area contributed by atoms with E-state index in [1.807, 2.05) is 32.0 Å². The molecule has 0 spiro atoms. The molecule has 5 nitrogen and oxygen atoms in total. The fourth-order valence-electron chi connectivity index (χ4n) is 1.49. The smallest absolute Gasteiger partial charge is 0.258 e. The number of carbonyl (C=O) groups is 1. The number of nitrogens with zero attached hydrogens (tertiary/aromatic N) is 1. The third-order valence-electron chi connectivity index (χ3n) is 2.38. The molecule has 96 valence electrons. The molecule has 0 heterocycles. The Labute approximate surface area is 107 Å². The lowest BCUT2D eigenvalue weighted by atomic mass is 10.1. The summed E-state index contributed by atoms with van der Waals surface area (Å²) >= 11 is 0. The fraction of sp³-hybridized carbons (Fsp3) is 0.385. The van der Waals surface area contributed by atoms with Gasteiger partial charge in [0.25, 0.3) is 5.91 Å². The van der Waals surface area contributed by atoms with E-state index in [1.54, 1.807) is 6.07 Å². The molecule has 18 heavy (non-hydrogen) atoms. The van der Waals surface area contributed by atoms with Gasteiger partial charge in [0.2, 0.25) is 0 Å². The largest absolute Gasteiger partial charge is 0.483 e. The molecule has 0 saturated carbocycles. The first-order valence-corrected chi connectivity index (χ1v) is 5.67. The first kappa shape index (κ1) is 14.0. The summed E-state index contributed by atoms with van der Waals surface area (Å²) in [6.07, 6.45) is 0. The zero-order valence-electron chi connectivity index (χ0n) is 10.6. The van der Waals surface area contributed by atoms with Crippen molar-refractivity contribution in [2.24, 2.45) is 5.73 Å². The lowest BCUT2D eigenvalue weighted by Crippen LogP contribution is -2.29. The maximum absolute atomic E-state index is 11.3. The first-order valence-electron chi connectivity index (χ1n) is 5.67. The Morgan fingerprint density at radius 1 is 1.61 bits per heavy atom. The molecule has 0 aliphatic heterocycles. The molecule has 0 aliphatic carbocycles. The van der Waals surface area contributed by atoms with Gasteiger partial charge in [0.15, 0.2) is 6.61 Å². The van der Waals surface area contributed by atoms with Crippen LogP contribution in [0, 0.1) is 18.3 Å². The van der Waals surface area contributed by atoms with Crippen molar-refractivity contribution in [1.82, 2.24) is 5.32 Å². The van der Waals surface area contributed by atoms with Gasteiger partial charge in [0.1, 0.15) is 12.3 Å². The number of amides is 1. The molecule has 1 rings (SSSR count). The molecule has 1 aromatic carbocycles. The van der Waals surface area contributed by atoms with E-state index in [-0.39, 0.29) is 25.1 Å². The van der Waals surface area contributed by atoms with Crippen LogP contribution in [-0.4, -0.2) is 19.1 Å². The standard InChI is InChI=1S/C13H17N3O2/c1-9-3-4-12(11(7-9)10(2)15)18-8-13(17)16-6-5-14/h3-4,7,10H,6,8,15H2,1-2H3,(H,16,17). The van der Waals surface area contributed by atoms with Crippen LogP contribution < -0.4 is 15.8 Å². The van der Waals surface area contributed by atoms with E-state index >= 15 is 0 Å². The predicted octanol–water partition coefficient (Wildman–Crippen LogP) is 1.03. The van der Waals surface area contributed by atoms with E-state index in [0.29, 0.717) is 5.75 Å². The Morgan fingerprint density at radius 3 is 2.94 bits per heavy atom. The number of nitrogens with two attached hydrogens (primary N) is 1. The van der Waals surface area contributed by atoms with Crippen LogP contribution in [0.3, 0.4) is 0 Å². The van der Waals surface area contributed by atoms with E-state index in [2.05, 4.69) is 5.32 Å². The third-order valence-corrected chi connectivity index (χ3v) is 2.38. The third kappa shape index (κ3) is 4.07. The molecule has 1 unspecified atom stereocenters. The molecule has 1 amide bonds. The van der Waals surface area contributed by atoms with Crippen molar-refractivity contribution in [1.29, 1.82) is 5.26 Å². The van der Waals surface area contributed by atoms with Crippen molar-refractivity contribution in [2.45, 2.75) is 19.9 Å². The van der Waals surface area contributed by atoms with E-state index in [0.717, 1.165) is 11.1 Å². The highest BCUT2D eigenvalue weighted by molar-refractivity contribution is 5.77. The van der Waals surface area contributed by atoms with Crippen LogP contribution in [-0.2, 0) is 4.79 Å².